The SMILES string of the molecule is CSc1ccc(C(=O)OCC(=O)Nc2cc3[nH]c(=O)[nH]c3cc2Br)cc1[N+](=O)[O-]. The summed E-state index contributed by atoms with van der Waals surface area (Å²) in [5.74, 6) is -1.48. The molecule has 2 aromatic carbocycles. The number of carbonyl (C=O) groups is 2. The molecule has 0 bridgehead atoms. The molecule has 3 N–H and O–H groups in total. The number of aromatic amines is 2. The molecule has 3 aromatic rings. The summed E-state index contributed by atoms with van der Waals surface area (Å²) >= 11 is 4.46. The number of aromatic nitrogens is 2. The van der Waals surface area contributed by atoms with Gasteiger partial charge in [0, 0.05) is 10.5 Å². The molecule has 0 atom stereocenters. The Hall–Kier alpha value is -3.12. The van der Waals surface area contributed by atoms with Crippen LogP contribution >= 0.6 is 27.7 Å². The molecule has 0 fully saturated rings. The number of rotatable bonds is 6. The summed E-state index contributed by atoms with van der Waals surface area (Å²) in [5, 5.41) is 13.7. The summed E-state index contributed by atoms with van der Waals surface area (Å²) < 4.78 is 5.46. The van der Waals surface area contributed by atoms with Gasteiger partial charge in [0.2, 0.25) is 0 Å². The summed E-state index contributed by atoms with van der Waals surface area (Å²) in [4.78, 5) is 51.7. The minimum atomic E-state index is -0.861. The molecule has 1 aromatic heterocycles. The minimum Gasteiger partial charge on any atom is -0.452 e. The molecule has 0 aliphatic heterocycles. The van der Waals surface area contributed by atoms with E-state index in [4.69, 9.17) is 4.74 Å². The van der Waals surface area contributed by atoms with E-state index in [1.807, 2.05) is 0 Å². The molecule has 10 nitrogen and oxygen atoms in total. The van der Waals surface area contributed by atoms with E-state index in [-0.39, 0.29) is 16.9 Å². The van der Waals surface area contributed by atoms with Crippen molar-refractivity contribution in [2.24, 2.45) is 0 Å². The second-order valence-electron chi connectivity index (χ2n) is 5.72. The Labute approximate surface area is 175 Å². The fourth-order valence-corrected chi connectivity index (χ4v) is 3.50. The van der Waals surface area contributed by atoms with Crippen LogP contribution in [0.15, 0.2) is 44.5 Å². The zero-order chi connectivity index (χ0) is 21.1. The number of benzene rings is 2. The highest BCUT2D eigenvalue weighted by molar-refractivity contribution is 9.10. The number of nitrogens with zero attached hydrogens (tertiary/aromatic N) is 1. The average molecular weight is 481 g/mol. The van der Waals surface area contributed by atoms with Crippen molar-refractivity contribution < 1.29 is 19.2 Å². The Balaban J connectivity index is 1.67. The monoisotopic (exact) mass is 480 g/mol. The third-order valence-electron chi connectivity index (χ3n) is 3.82. The number of H-pyrrole nitrogens is 2. The van der Waals surface area contributed by atoms with Gasteiger partial charge in [-0.05, 0) is 46.5 Å². The number of nitro benzene ring substituents is 1. The van der Waals surface area contributed by atoms with Crippen LogP contribution in [0.2, 0.25) is 0 Å². The summed E-state index contributed by atoms with van der Waals surface area (Å²) in [6.45, 7) is -0.592. The van der Waals surface area contributed by atoms with Crippen molar-refractivity contribution in [1.29, 1.82) is 0 Å². The number of ether oxygens (including phenoxy) is 1. The van der Waals surface area contributed by atoms with Gasteiger partial charge in [0.1, 0.15) is 0 Å². The molecule has 0 saturated heterocycles. The average Bonchev–Trinajstić information content (AvgIpc) is 3.04. The van der Waals surface area contributed by atoms with Gasteiger partial charge in [0.25, 0.3) is 11.6 Å². The van der Waals surface area contributed by atoms with Crippen LogP contribution in [0.3, 0.4) is 0 Å². The Morgan fingerprint density at radius 2 is 1.93 bits per heavy atom. The topological polar surface area (TPSA) is 147 Å². The molecular weight excluding hydrogens is 468 g/mol. The Morgan fingerprint density at radius 3 is 2.59 bits per heavy atom. The van der Waals surface area contributed by atoms with Gasteiger partial charge in [0.05, 0.1) is 32.1 Å². The lowest BCUT2D eigenvalue weighted by Gasteiger charge is -2.09. The van der Waals surface area contributed by atoms with E-state index in [0.717, 1.165) is 6.07 Å². The van der Waals surface area contributed by atoms with Gasteiger partial charge in [0.15, 0.2) is 6.61 Å². The number of halogens is 1. The van der Waals surface area contributed by atoms with Gasteiger partial charge in [-0.2, -0.15) is 0 Å². The number of hydrogen-bond donors (Lipinski definition) is 3. The first-order valence-corrected chi connectivity index (χ1v) is 10.0. The second-order valence-corrected chi connectivity index (χ2v) is 7.43. The number of thioether (sulfide) groups is 1. The predicted molar refractivity (Wildman–Crippen MR) is 110 cm³/mol. The first-order chi connectivity index (χ1) is 13.8. The largest absolute Gasteiger partial charge is 0.452 e. The lowest BCUT2D eigenvalue weighted by molar-refractivity contribution is -0.387. The molecule has 0 spiro atoms. The van der Waals surface area contributed by atoms with Crippen molar-refractivity contribution in [2.45, 2.75) is 4.90 Å². The van der Waals surface area contributed by atoms with E-state index < -0.39 is 23.4 Å². The maximum absolute atomic E-state index is 12.1. The molecule has 0 aliphatic rings. The number of amides is 1. The van der Waals surface area contributed by atoms with E-state index in [2.05, 4.69) is 31.2 Å². The number of anilines is 1. The standard InChI is InChI=1S/C17H13BrN4O6S/c1-29-14-3-2-8(4-13(14)22(26)27)16(24)28-7-15(23)19-10-6-12-11(5-9(10)18)20-17(25)21-12/h2-6H,7H2,1H3,(H,19,23)(H2,20,21,25). The fraction of sp³-hybridized carbons (Fsp3) is 0.118. The lowest BCUT2D eigenvalue weighted by Crippen LogP contribution is -2.21. The first kappa shape index (κ1) is 20.6. The normalized spacial score (nSPS) is 10.7. The van der Waals surface area contributed by atoms with Crippen molar-refractivity contribution >= 4 is 62.0 Å². The molecule has 0 unspecified atom stereocenters. The smallest absolute Gasteiger partial charge is 0.338 e. The van der Waals surface area contributed by atoms with Gasteiger partial charge in [-0.15, -0.1) is 11.8 Å². The first-order valence-electron chi connectivity index (χ1n) is 7.99. The molecule has 0 aliphatic carbocycles. The van der Waals surface area contributed by atoms with Crippen LogP contribution in [-0.2, 0) is 9.53 Å². The maximum Gasteiger partial charge on any atom is 0.338 e. The molecule has 150 valence electrons. The molecule has 29 heavy (non-hydrogen) atoms. The van der Waals surface area contributed by atoms with E-state index in [0.29, 0.717) is 26.1 Å². The molecule has 1 amide bonds. The number of nitrogens with one attached hydrogen (secondary N) is 3. The highest BCUT2D eigenvalue weighted by Gasteiger charge is 2.19. The third-order valence-corrected chi connectivity index (χ3v) is 5.26. The number of imidazole rings is 1. The molecule has 1 heterocycles. The van der Waals surface area contributed by atoms with Crippen LogP contribution in [0.4, 0.5) is 11.4 Å². The number of nitro groups is 1. The van der Waals surface area contributed by atoms with Crippen LogP contribution in [0.1, 0.15) is 10.4 Å². The molecule has 3 rings (SSSR count). The van der Waals surface area contributed by atoms with Crippen LogP contribution < -0.4 is 11.0 Å². The van der Waals surface area contributed by atoms with Crippen LogP contribution in [-0.4, -0.2) is 39.6 Å². The van der Waals surface area contributed by atoms with Crippen molar-refractivity contribution in [1.82, 2.24) is 9.97 Å². The molecule has 0 saturated carbocycles. The van der Waals surface area contributed by atoms with Crippen LogP contribution in [0, 0.1) is 10.1 Å². The third kappa shape index (κ3) is 4.66. The van der Waals surface area contributed by atoms with E-state index in [1.54, 1.807) is 18.4 Å². The maximum atomic E-state index is 12.1. The van der Waals surface area contributed by atoms with Gasteiger partial charge in [-0.1, -0.05) is 0 Å². The molecule has 0 radical (unpaired) electrons. The summed E-state index contributed by atoms with van der Waals surface area (Å²) in [6.07, 6.45) is 1.68. The van der Waals surface area contributed by atoms with Gasteiger partial charge in [-0.25, -0.2) is 9.59 Å². The summed E-state index contributed by atoms with van der Waals surface area (Å²) in [6, 6.07) is 7.11. The van der Waals surface area contributed by atoms with Crippen molar-refractivity contribution in [3.8, 4) is 0 Å². The van der Waals surface area contributed by atoms with Crippen LogP contribution in [0.5, 0.6) is 0 Å². The molecule has 12 heteroatoms. The Bertz CT molecular complexity index is 1190. The van der Waals surface area contributed by atoms with Gasteiger partial charge < -0.3 is 20.0 Å². The van der Waals surface area contributed by atoms with Gasteiger partial charge in [-0.3, -0.25) is 14.9 Å². The zero-order valence-corrected chi connectivity index (χ0v) is 17.2. The second kappa shape index (κ2) is 8.49. The highest BCUT2D eigenvalue weighted by atomic mass is 79.9. The summed E-state index contributed by atoms with van der Waals surface area (Å²) in [7, 11) is 0. The summed E-state index contributed by atoms with van der Waals surface area (Å²) in [5.41, 5.74) is 0.789. The predicted octanol–water partition coefficient (Wildman–Crippen LogP) is 3.04. The minimum absolute atomic E-state index is 0.0326. The van der Waals surface area contributed by atoms with Gasteiger partial charge >= 0.3 is 11.7 Å². The number of hydrogen-bond acceptors (Lipinski definition) is 7. The van der Waals surface area contributed by atoms with Crippen molar-refractivity contribution in [2.75, 3.05) is 18.2 Å². The number of esters is 1. The Morgan fingerprint density at radius 1 is 1.24 bits per heavy atom. The number of carbonyl (C=O) groups excluding carboxylic acids is 2. The zero-order valence-electron chi connectivity index (χ0n) is 14.8. The highest BCUT2D eigenvalue weighted by Crippen LogP contribution is 2.29. The quantitative estimate of drug-likeness (QED) is 0.212. The lowest BCUT2D eigenvalue weighted by atomic mass is 10.2. The van der Waals surface area contributed by atoms with E-state index in [9.17, 15) is 24.5 Å². The number of fused-ring (bicyclic) bond motifs is 1. The van der Waals surface area contributed by atoms with E-state index in [1.165, 1.54) is 23.9 Å². The van der Waals surface area contributed by atoms with E-state index >= 15 is 0 Å². The van der Waals surface area contributed by atoms with Crippen molar-refractivity contribution in [3.63, 3.8) is 0 Å². The van der Waals surface area contributed by atoms with Crippen molar-refractivity contribution in [3.05, 3.63) is 61.0 Å². The van der Waals surface area contributed by atoms with Crippen LogP contribution in [0.25, 0.3) is 11.0 Å². The Kier molecular flexibility index (Phi) is 6.03. The molecular formula is C17H13BrN4O6S. The fourth-order valence-electron chi connectivity index (χ4n) is 2.51.